The molecule has 0 spiro atoms. The van der Waals surface area contributed by atoms with Crippen LogP contribution in [-0.4, -0.2) is 12.7 Å². The van der Waals surface area contributed by atoms with Crippen LogP contribution in [0.15, 0.2) is 0 Å². The quantitative estimate of drug-likeness (QED) is 0.592. The Morgan fingerprint density at radius 1 is 1.30 bits per heavy atom. The van der Waals surface area contributed by atoms with E-state index < -0.39 is 6.17 Å². The SMILES string of the molecule is CC(C)C(F)CCCCN. The third-order valence-corrected chi connectivity index (χ3v) is 1.66. The van der Waals surface area contributed by atoms with Crippen molar-refractivity contribution in [2.45, 2.75) is 39.3 Å². The molecule has 1 nitrogen and oxygen atoms in total. The van der Waals surface area contributed by atoms with Gasteiger partial charge in [0.1, 0.15) is 6.17 Å². The molecule has 2 N–H and O–H groups in total. The Morgan fingerprint density at radius 3 is 2.30 bits per heavy atom. The molecule has 0 saturated heterocycles. The summed E-state index contributed by atoms with van der Waals surface area (Å²) in [5, 5.41) is 0. The maximum Gasteiger partial charge on any atom is 0.102 e. The topological polar surface area (TPSA) is 26.0 Å². The summed E-state index contributed by atoms with van der Waals surface area (Å²) >= 11 is 0. The van der Waals surface area contributed by atoms with Gasteiger partial charge in [0.15, 0.2) is 0 Å². The van der Waals surface area contributed by atoms with Crippen molar-refractivity contribution in [3.63, 3.8) is 0 Å². The molecule has 0 amide bonds. The van der Waals surface area contributed by atoms with Crippen LogP contribution in [0.3, 0.4) is 0 Å². The highest BCUT2D eigenvalue weighted by molar-refractivity contribution is 4.60. The maximum atomic E-state index is 12.8. The van der Waals surface area contributed by atoms with Gasteiger partial charge in [0.05, 0.1) is 0 Å². The molecule has 1 atom stereocenters. The van der Waals surface area contributed by atoms with Gasteiger partial charge in [-0.2, -0.15) is 0 Å². The van der Waals surface area contributed by atoms with E-state index in [1.807, 2.05) is 13.8 Å². The minimum absolute atomic E-state index is 0.165. The van der Waals surface area contributed by atoms with Crippen LogP contribution in [0.25, 0.3) is 0 Å². The van der Waals surface area contributed by atoms with Crippen LogP contribution in [0, 0.1) is 5.92 Å². The monoisotopic (exact) mass is 147 g/mol. The molecule has 0 heterocycles. The van der Waals surface area contributed by atoms with Gasteiger partial charge < -0.3 is 5.73 Å². The van der Waals surface area contributed by atoms with Gasteiger partial charge in [-0.05, 0) is 31.7 Å². The second-order valence-corrected chi connectivity index (χ2v) is 3.04. The minimum atomic E-state index is -0.633. The average molecular weight is 147 g/mol. The molecule has 0 aromatic heterocycles. The zero-order valence-corrected chi connectivity index (χ0v) is 6.94. The van der Waals surface area contributed by atoms with Gasteiger partial charge in [0.2, 0.25) is 0 Å². The molecule has 0 aromatic rings. The van der Waals surface area contributed by atoms with Crippen LogP contribution >= 0.6 is 0 Å². The second kappa shape index (κ2) is 5.66. The van der Waals surface area contributed by atoms with Crippen LogP contribution in [0.1, 0.15) is 33.1 Å². The molecule has 0 aliphatic carbocycles. The molecular formula is C8H18FN. The third kappa shape index (κ3) is 4.74. The highest BCUT2D eigenvalue weighted by Crippen LogP contribution is 2.12. The molecule has 0 radical (unpaired) electrons. The fourth-order valence-electron chi connectivity index (χ4n) is 0.817. The lowest BCUT2D eigenvalue weighted by Crippen LogP contribution is -2.09. The third-order valence-electron chi connectivity index (χ3n) is 1.66. The van der Waals surface area contributed by atoms with Crippen LogP contribution in [0.4, 0.5) is 4.39 Å². The summed E-state index contributed by atoms with van der Waals surface area (Å²) < 4.78 is 12.8. The fourth-order valence-corrected chi connectivity index (χ4v) is 0.817. The van der Waals surface area contributed by atoms with E-state index >= 15 is 0 Å². The molecular weight excluding hydrogens is 129 g/mol. The molecule has 10 heavy (non-hydrogen) atoms. The van der Waals surface area contributed by atoms with E-state index in [1.54, 1.807) is 0 Å². The van der Waals surface area contributed by atoms with Gasteiger partial charge in [-0.15, -0.1) is 0 Å². The number of alkyl halides is 1. The molecule has 0 aliphatic rings. The Bertz CT molecular complexity index is 73.7. The normalized spacial score (nSPS) is 14.1. The first-order valence-electron chi connectivity index (χ1n) is 4.02. The Hall–Kier alpha value is -0.110. The molecule has 2 heteroatoms. The van der Waals surface area contributed by atoms with Crippen LogP contribution in [0.2, 0.25) is 0 Å². The van der Waals surface area contributed by atoms with E-state index in [1.165, 1.54) is 0 Å². The van der Waals surface area contributed by atoms with Crippen molar-refractivity contribution in [2.24, 2.45) is 11.7 Å². The number of hydrogen-bond donors (Lipinski definition) is 1. The largest absolute Gasteiger partial charge is 0.330 e. The molecule has 0 rings (SSSR count). The van der Waals surface area contributed by atoms with E-state index in [0.717, 1.165) is 12.8 Å². The van der Waals surface area contributed by atoms with Crippen molar-refractivity contribution < 1.29 is 4.39 Å². The summed E-state index contributed by atoms with van der Waals surface area (Å²) in [7, 11) is 0. The lowest BCUT2D eigenvalue weighted by atomic mass is 10.0. The Morgan fingerprint density at radius 2 is 1.90 bits per heavy atom. The second-order valence-electron chi connectivity index (χ2n) is 3.04. The van der Waals surface area contributed by atoms with Crippen LogP contribution < -0.4 is 5.73 Å². The first-order valence-corrected chi connectivity index (χ1v) is 4.02. The Kier molecular flexibility index (Phi) is 5.60. The number of rotatable bonds is 5. The van der Waals surface area contributed by atoms with Crippen molar-refractivity contribution in [3.8, 4) is 0 Å². The Balaban J connectivity index is 3.13. The highest BCUT2D eigenvalue weighted by Gasteiger charge is 2.09. The predicted molar refractivity (Wildman–Crippen MR) is 42.6 cm³/mol. The van der Waals surface area contributed by atoms with Gasteiger partial charge in [0, 0.05) is 0 Å². The summed E-state index contributed by atoms with van der Waals surface area (Å²) in [6.07, 6.45) is 1.92. The summed E-state index contributed by atoms with van der Waals surface area (Å²) in [5.74, 6) is 0.165. The van der Waals surface area contributed by atoms with E-state index in [2.05, 4.69) is 0 Å². The van der Waals surface area contributed by atoms with Gasteiger partial charge in [-0.25, -0.2) is 4.39 Å². The molecule has 0 bridgehead atoms. The van der Waals surface area contributed by atoms with E-state index in [0.29, 0.717) is 13.0 Å². The summed E-state index contributed by atoms with van der Waals surface area (Å²) in [6.45, 7) is 4.50. The molecule has 0 fully saturated rings. The molecule has 62 valence electrons. The lowest BCUT2D eigenvalue weighted by molar-refractivity contribution is 0.235. The minimum Gasteiger partial charge on any atom is -0.330 e. The smallest absolute Gasteiger partial charge is 0.102 e. The molecule has 0 aromatic carbocycles. The molecule has 0 aliphatic heterocycles. The summed E-state index contributed by atoms with van der Waals surface area (Å²) in [6, 6.07) is 0. The maximum absolute atomic E-state index is 12.8. The van der Waals surface area contributed by atoms with Gasteiger partial charge in [0.25, 0.3) is 0 Å². The zero-order valence-electron chi connectivity index (χ0n) is 6.94. The number of halogens is 1. The van der Waals surface area contributed by atoms with E-state index in [-0.39, 0.29) is 5.92 Å². The highest BCUT2D eigenvalue weighted by atomic mass is 19.1. The average Bonchev–Trinajstić information content (AvgIpc) is 1.88. The predicted octanol–water partition coefficient (Wildman–Crippen LogP) is 2.11. The fraction of sp³-hybridized carbons (Fsp3) is 1.00. The van der Waals surface area contributed by atoms with Gasteiger partial charge >= 0.3 is 0 Å². The molecule has 0 saturated carbocycles. The van der Waals surface area contributed by atoms with Crippen molar-refractivity contribution in [1.29, 1.82) is 0 Å². The number of unbranched alkanes of at least 4 members (excludes halogenated alkanes) is 1. The van der Waals surface area contributed by atoms with Crippen molar-refractivity contribution in [3.05, 3.63) is 0 Å². The summed E-state index contributed by atoms with van der Waals surface area (Å²) in [5.41, 5.74) is 5.27. The van der Waals surface area contributed by atoms with Crippen molar-refractivity contribution >= 4 is 0 Å². The number of nitrogens with two attached hydrogens (primary N) is 1. The Labute approximate surface area is 62.8 Å². The van der Waals surface area contributed by atoms with Gasteiger partial charge in [-0.3, -0.25) is 0 Å². The van der Waals surface area contributed by atoms with Crippen molar-refractivity contribution in [1.82, 2.24) is 0 Å². The lowest BCUT2D eigenvalue weighted by Gasteiger charge is -2.10. The van der Waals surface area contributed by atoms with Crippen molar-refractivity contribution in [2.75, 3.05) is 6.54 Å². The van der Waals surface area contributed by atoms with E-state index in [9.17, 15) is 4.39 Å². The zero-order chi connectivity index (χ0) is 7.98. The first kappa shape index (κ1) is 9.89. The molecule has 1 unspecified atom stereocenters. The first-order chi connectivity index (χ1) is 4.68. The van der Waals surface area contributed by atoms with Crippen LogP contribution in [0.5, 0.6) is 0 Å². The standard InChI is InChI=1S/C8H18FN/c1-7(2)8(9)5-3-4-6-10/h7-8H,3-6,10H2,1-2H3. The van der Waals surface area contributed by atoms with E-state index in [4.69, 9.17) is 5.73 Å². The summed E-state index contributed by atoms with van der Waals surface area (Å²) in [4.78, 5) is 0. The van der Waals surface area contributed by atoms with Crippen LogP contribution in [-0.2, 0) is 0 Å². The van der Waals surface area contributed by atoms with Gasteiger partial charge in [-0.1, -0.05) is 13.8 Å². The number of hydrogen-bond acceptors (Lipinski definition) is 1.